The lowest BCUT2D eigenvalue weighted by atomic mass is 9.99. The minimum absolute atomic E-state index is 0.289. The van der Waals surface area contributed by atoms with Crippen molar-refractivity contribution in [3.05, 3.63) is 34.4 Å². The van der Waals surface area contributed by atoms with Gasteiger partial charge in [0.2, 0.25) is 0 Å². The molecule has 0 aliphatic carbocycles. The summed E-state index contributed by atoms with van der Waals surface area (Å²) in [7, 11) is 0. The van der Waals surface area contributed by atoms with Gasteiger partial charge in [-0.1, -0.05) is 0 Å². The summed E-state index contributed by atoms with van der Waals surface area (Å²) in [6, 6.07) is 3.94. The Labute approximate surface area is 84.6 Å². The summed E-state index contributed by atoms with van der Waals surface area (Å²) in [5.74, 6) is -1.45. The van der Waals surface area contributed by atoms with Gasteiger partial charge in [0.25, 0.3) is 6.43 Å². The fraction of sp³-hybridized carbons (Fsp3) is 0.200. The van der Waals surface area contributed by atoms with Gasteiger partial charge in [0.05, 0.1) is 17.2 Å². The third-order valence-corrected chi connectivity index (χ3v) is 1.89. The van der Waals surface area contributed by atoms with Crippen LogP contribution in [-0.4, -0.2) is 11.1 Å². The van der Waals surface area contributed by atoms with E-state index >= 15 is 0 Å². The summed E-state index contributed by atoms with van der Waals surface area (Å²) in [6.45, 7) is 1.54. The molecule has 0 unspecified atom stereocenters. The van der Waals surface area contributed by atoms with Gasteiger partial charge in [0.15, 0.2) is 0 Å². The van der Waals surface area contributed by atoms with Crippen molar-refractivity contribution in [1.82, 2.24) is 0 Å². The Morgan fingerprint density at radius 3 is 2.53 bits per heavy atom. The molecule has 0 radical (unpaired) electrons. The molecule has 78 valence electrons. The lowest BCUT2D eigenvalue weighted by Crippen LogP contribution is -2.06. The first-order chi connectivity index (χ1) is 6.97. The van der Waals surface area contributed by atoms with E-state index in [1.807, 2.05) is 0 Å². The second-order valence-corrected chi connectivity index (χ2v) is 2.99. The van der Waals surface area contributed by atoms with Crippen LogP contribution in [0.3, 0.4) is 0 Å². The highest BCUT2D eigenvalue weighted by Crippen LogP contribution is 2.27. The van der Waals surface area contributed by atoms with Gasteiger partial charge in [0, 0.05) is 5.56 Å². The molecule has 3 nitrogen and oxygen atoms in total. The maximum absolute atomic E-state index is 12.6. The lowest BCUT2D eigenvalue weighted by Gasteiger charge is -2.08. The molecule has 1 aromatic rings. The number of carbonyl (C=O) groups is 1. The largest absolute Gasteiger partial charge is 0.478 e. The van der Waals surface area contributed by atoms with E-state index in [9.17, 15) is 13.6 Å². The van der Waals surface area contributed by atoms with Crippen LogP contribution in [0.5, 0.6) is 0 Å². The average molecular weight is 211 g/mol. The number of carboxylic acid groups (broad SMARTS) is 1. The van der Waals surface area contributed by atoms with Crippen molar-refractivity contribution >= 4 is 5.97 Å². The van der Waals surface area contributed by atoms with Crippen LogP contribution in [0.15, 0.2) is 12.1 Å². The summed E-state index contributed by atoms with van der Waals surface area (Å²) in [6.07, 6.45) is -2.97. The van der Waals surface area contributed by atoms with Crippen LogP contribution in [0.1, 0.15) is 33.5 Å². The molecule has 0 aromatic heterocycles. The van der Waals surface area contributed by atoms with Gasteiger partial charge in [-0.3, -0.25) is 0 Å². The Morgan fingerprint density at radius 2 is 2.13 bits per heavy atom. The highest BCUT2D eigenvalue weighted by molar-refractivity contribution is 5.90. The number of hydrogen-bond acceptors (Lipinski definition) is 2. The molecule has 1 aromatic carbocycles. The van der Waals surface area contributed by atoms with E-state index in [1.165, 1.54) is 6.07 Å². The molecule has 1 N–H and O–H groups in total. The number of aryl methyl sites for hydroxylation is 1. The van der Waals surface area contributed by atoms with Gasteiger partial charge >= 0.3 is 5.97 Å². The van der Waals surface area contributed by atoms with E-state index in [1.54, 1.807) is 13.0 Å². The van der Waals surface area contributed by atoms with E-state index in [0.717, 1.165) is 6.07 Å². The Bertz CT molecular complexity index is 449. The standard InChI is InChI=1S/C10H7F2NO2/c1-5-2-6(4-13)8(9(11)12)7(3-5)10(14)15/h2-3,9H,1H3,(H,14,15). The summed E-state index contributed by atoms with van der Waals surface area (Å²) in [5, 5.41) is 17.3. The second kappa shape index (κ2) is 4.05. The van der Waals surface area contributed by atoms with Gasteiger partial charge in [-0.05, 0) is 24.6 Å². The van der Waals surface area contributed by atoms with Crippen molar-refractivity contribution in [3.63, 3.8) is 0 Å². The molecule has 0 spiro atoms. The molecule has 0 saturated carbocycles. The minimum Gasteiger partial charge on any atom is -0.478 e. The number of aromatic carboxylic acids is 1. The molecule has 1 rings (SSSR count). The zero-order chi connectivity index (χ0) is 11.6. The fourth-order valence-corrected chi connectivity index (χ4v) is 1.30. The third kappa shape index (κ3) is 2.10. The molecule has 5 heteroatoms. The SMILES string of the molecule is Cc1cc(C#N)c(C(F)F)c(C(=O)O)c1. The van der Waals surface area contributed by atoms with Crippen LogP contribution in [0.4, 0.5) is 8.78 Å². The van der Waals surface area contributed by atoms with Crippen molar-refractivity contribution in [1.29, 1.82) is 5.26 Å². The smallest absolute Gasteiger partial charge is 0.336 e. The first-order valence-corrected chi connectivity index (χ1v) is 4.03. The van der Waals surface area contributed by atoms with Gasteiger partial charge in [-0.25, -0.2) is 13.6 Å². The molecule has 0 fully saturated rings. The van der Waals surface area contributed by atoms with Crippen molar-refractivity contribution in [2.24, 2.45) is 0 Å². The Balaban J connectivity index is 3.56. The topological polar surface area (TPSA) is 61.1 Å². The summed E-state index contributed by atoms with van der Waals surface area (Å²) in [5.41, 5.74) is -1.05. The molecule has 15 heavy (non-hydrogen) atoms. The van der Waals surface area contributed by atoms with Gasteiger partial charge in [-0.2, -0.15) is 5.26 Å². The van der Waals surface area contributed by atoms with E-state index in [2.05, 4.69) is 0 Å². The van der Waals surface area contributed by atoms with Gasteiger partial charge < -0.3 is 5.11 Å². The average Bonchev–Trinajstić information content (AvgIpc) is 2.15. The minimum atomic E-state index is -2.97. The van der Waals surface area contributed by atoms with E-state index in [-0.39, 0.29) is 5.56 Å². The first kappa shape index (κ1) is 11.1. The van der Waals surface area contributed by atoms with Crippen molar-refractivity contribution in [3.8, 4) is 6.07 Å². The summed E-state index contributed by atoms with van der Waals surface area (Å²) >= 11 is 0. The third-order valence-electron chi connectivity index (χ3n) is 1.89. The zero-order valence-electron chi connectivity index (χ0n) is 7.79. The Hall–Kier alpha value is -1.96. The molecule has 0 aliphatic rings. The molecule has 0 atom stereocenters. The van der Waals surface area contributed by atoms with Crippen molar-refractivity contribution < 1.29 is 18.7 Å². The lowest BCUT2D eigenvalue weighted by molar-refractivity contribution is 0.0684. The molecular weight excluding hydrogens is 204 g/mol. The summed E-state index contributed by atoms with van der Waals surface area (Å²) in [4.78, 5) is 10.7. The van der Waals surface area contributed by atoms with Crippen LogP contribution >= 0.6 is 0 Å². The van der Waals surface area contributed by atoms with Crippen LogP contribution < -0.4 is 0 Å². The maximum Gasteiger partial charge on any atom is 0.336 e. The zero-order valence-corrected chi connectivity index (χ0v) is 7.79. The molecule has 0 amide bonds. The normalized spacial score (nSPS) is 10.1. The van der Waals surface area contributed by atoms with Crippen LogP contribution in [0, 0.1) is 18.3 Å². The van der Waals surface area contributed by atoms with E-state index in [0.29, 0.717) is 5.56 Å². The highest BCUT2D eigenvalue weighted by atomic mass is 19.3. The predicted octanol–water partition coefficient (Wildman–Crippen LogP) is 2.50. The number of rotatable bonds is 2. The van der Waals surface area contributed by atoms with Crippen LogP contribution in [-0.2, 0) is 0 Å². The molecule has 0 bridgehead atoms. The quantitative estimate of drug-likeness (QED) is 0.817. The fourth-order valence-electron chi connectivity index (χ4n) is 1.30. The van der Waals surface area contributed by atoms with E-state index < -0.39 is 23.5 Å². The first-order valence-electron chi connectivity index (χ1n) is 4.03. The summed E-state index contributed by atoms with van der Waals surface area (Å²) < 4.78 is 25.1. The molecular formula is C10H7F2NO2. The number of carboxylic acids is 1. The Morgan fingerprint density at radius 1 is 1.53 bits per heavy atom. The van der Waals surface area contributed by atoms with Gasteiger partial charge in [-0.15, -0.1) is 0 Å². The molecule has 0 heterocycles. The van der Waals surface area contributed by atoms with Crippen molar-refractivity contribution in [2.75, 3.05) is 0 Å². The predicted molar refractivity (Wildman–Crippen MR) is 47.8 cm³/mol. The number of alkyl halides is 2. The molecule has 0 aliphatic heterocycles. The molecule has 0 saturated heterocycles. The number of nitriles is 1. The van der Waals surface area contributed by atoms with E-state index in [4.69, 9.17) is 10.4 Å². The number of halogens is 2. The second-order valence-electron chi connectivity index (χ2n) is 2.99. The number of nitrogens with zero attached hydrogens (tertiary/aromatic N) is 1. The maximum atomic E-state index is 12.6. The number of hydrogen-bond donors (Lipinski definition) is 1. The van der Waals surface area contributed by atoms with Gasteiger partial charge in [0.1, 0.15) is 0 Å². The number of benzene rings is 1. The van der Waals surface area contributed by atoms with Crippen LogP contribution in [0.25, 0.3) is 0 Å². The Kier molecular flexibility index (Phi) is 3.00. The van der Waals surface area contributed by atoms with Crippen molar-refractivity contribution in [2.45, 2.75) is 13.3 Å². The monoisotopic (exact) mass is 211 g/mol. The highest BCUT2D eigenvalue weighted by Gasteiger charge is 2.22. The van der Waals surface area contributed by atoms with Crippen LogP contribution in [0.2, 0.25) is 0 Å².